The van der Waals surface area contributed by atoms with Gasteiger partial charge in [0.2, 0.25) is 0 Å². The number of carbonyl (C=O) groups is 1. The van der Waals surface area contributed by atoms with Crippen molar-refractivity contribution in [3.63, 3.8) is 0 Å². The molecule has 1 aliphatic heterocycles. The van der Waals surface area contributed by atoms with Crippen LogP contribution < -0.4 is 0 Å². The molecule has 0 spiro atoms. The third kappa shape index (κ3) is 4.56. The van der Waals surface area contributed by atoms with Crippen LogP contribution >= 0.6 is 27.3 Å². The van der Waals surface area contributed by atoms with E-state index in [0.29, 0.717) is 6.61 Å². The molecule has 0 aliphatic carbocycles. The molecule has 3 rings (SSSR count). The average Bonchev–Trinajstić information content (AvgIpc) is 2.99. The van der Waals surface area contributed by atoms with Gasteiger partial charge in [-0.25, -0.2) is 4.79 Å². The van der Waals surface area contributed by atoms with Crippen molar-refractivity contribution in [1.82, 2.24) is 9.80 Å². The molecule has 1 saturated heterocycles. The molecule has 2 heterocycles. The Hall–Kier alpha value is -1.37. The SMILES string of the molecule is O=C(OCc1ccccc1)N1CCN(Cc2sccc2Br)CC1. The second-order valence-corrected chi connectivity index (χ2v) is 7.35. The van der Waals surface area contributed by atoms with Crippen LogP contribution in [-0.4, -0.2) is 42.1 Å². The van der Waals surface area contributed by atoms with Crippen LogP contribution in [0.3, 0.4) is 0 Å². The Labute approximate surface area is 148 Å². The van der Waals surface area contributed by atoms with Crippen molar-refractivity contribution < 1.29 is 9.53 Å². The van der Waals surface area contributed by atoms with E-state index >= 15 is 0 Å². The predicted octanol–water partition coefficient (Wildman–Crippen LogP) is 3.97. The minimum atomic E-state index is -0.217. The van der Waals surface area contributed by atoms with Gasteiger partial charge in [0.25, 0.3) is 0 Å². The number of nitrogens with zero attached hydrogens (tertiary/aromatic N) is 2. The second-order valence-electron chi connectivity index (χ2n) is 5.50. The van der Waals surface area contributed by atoms with Gasteiger partial charge in [0.1, 0.15) is 6.61 Å². The van der Waals surface area contributed by atoms with E-state index in [1.165, 1.54) is 9.35 Å². The first-order valence-corrected chi connectivity index (χ1v) is 9.29. The average molecular weight is 395 g/mol. The molecule has 2 aromatic rings. The zero-order chi connectivity index (χ0) is 16.1. The van der Waals surface area contributed by atoms with E-state index in [1.807, 2.05) is 30.3 Å². The number of benzene rings is 1. The van der Waals surface area contributed by atoms with Crippen molar-refractivity contribution in [2.45, 2.75) is 13.2 Å². The van der Waals surface area contributed by atoms with Crippen molar-refractivity contribution in [3.05, 3.63) is 56.7 Å². The zero-order valence-corrected chi connectivity index (χ0v) is 15.2. The summed E-state index contributed by atoms with van der Waals surface area (Å²) in [5.41, 5.74) is 1.02. The molecule has 0 saturated carbocycles. The lowest BCUT2D eigenvalue weighted by Crippen LogP contribution is -2.48. The molecule has 1 aliphatic rings. The minimum absolute atomic E-state index is 0.217. The number of hydrogen-bond acceptors (Lipinski definition) is 4. The smallest absolute Gasteiger partial charge is 0.410 e. The number of carbonyl (C=O) groups excluding carboxylic acids is 1. The number of thiophene rings is 1. The molecule has 0 unspecified atom stereocenters. The van der Waals surface area contributed by atoms with Gasteiger partial charge < -0.3 is 9.64 Å². The summed E-state index contributed by atoms with van der Waals surface area (Å²) >= 11 is 5.33. The first kappa shape index (κ1) is 16.5. The second kappa shape index (κ2) is 7.95. The highest BCUT2D eigenvalue weighted by atomic mass is 79.9. The Kier molecular flexibility index (Phi) is 5.70. The van der Waals surface area contributed by atoms with Crippen molar-refractivity contribution in [2.24, 2.45) is 0 Å². The first-order valence-electron chi connectivity index (χ1n) is 7.62. The van der Waals surface area contributed by atoms with E-state index < -0.39 is 0 Å². The predicted molar refractivity (Wildman–Crippen MR) is 95.5 cm³/mol. The molecule has 1 fully saturated rings. The highest BCUT2D eigenvalue weighted by molar-refractivity contribution is 9.10. The van der Waals surface area contributed by atoms with Gasteiger partial charge in [-0.15, -0.1) is 11.3 Å². The Morgan fingerprint density at radius 2 is 1.87 bits per heavy atom. The van der Waals surface area contributed by atoms with E-state index in [2.05, 4.69) is 32.3 Å². The monoisotopic (exact) mass is 394 g/mol. The molecule has 1 aromatic carbocycles. The van der Waals surface area contributed by atoms with Crippen LogP contribution in [0.1, 0.15) is 10.4 Å². The highest BCUT2D eigenvalue weighted by Gasteiger charge is 2.22. The molecule has 0 atom stereocenters. The maximum absolute atomic E-state index is 12.1. The van der Waals surface area contributed by atoms with Crippen molar-refractivity contribution in [3.8, 4) is 0 Å². The topological polar surface area (TPSA) is 32.8 Å². The molecule has 4 nitrogen and oxygen atoms in total. The Balaban J connectivity index is 1.43. The van der Waals surface area contributed by atoms with Gasteiger partial charge in [-0.05, 0) is 32.9 Å². The molecule has 0 N–H and O–H groups in total. The summed E-state index contributed by atoms with van der Waals surface area (Å²) in [5.74, 6) is 0. The van der Waals surface area contributed by atoms with Gasteiger partial charge in [0.15, 0.2) is 0 Å². The fraction of sp³-hybridized carbons (Fsp3) is 0.353. The number of piperazine rings is 1. The quantitative estimate of drug-likeness (QED) is 0.786. The normalized spacial score (nSPS) is 15.6. The van der Waals surface area contributed by atoms with Crippen LogP contribution in [0.2, 0.25) is 0 Å². The van der Waals surface area contributed by atoms with Gasteiger partial charge in [-0.1, -0.05) is 30.3 Å². The first-order chi connectivity index (χ1) is 11.2. The third-order valence-electron chi connectivity index (χ3n) is 3.89. The summed E-state index contributed by atoms with van der Waals surface area (Å²) in [5, 5.41) is 2.09. The molecule has 6 heteroatoms. The van der Waals surface area contributed by atoms with Crippen molar-refractivity contribution >= 4 is 33.4 Å². The number of ether oxygens (including phenoxy) is 1. The number of amides is 1. The van der Waals surface area contributed by atoms with Gasteiger partial charge in [0.05, 0.1) is 0 Å². The maximum atomic E-state index is 12.1. The lowest BCUT2D eigenvalue weighted by molar-refractivity contribution is 0.0702. The lowest BCUT2D eigenvalue weighted by atomic mass is 10.2. The summed E-state index contributed by atoms with van der Waals surface area (Å²) in [7, 11) is 0. The standard InChI is InChI=1S/C17H19BrN2O2S/c18-15-6-11-23-16(15)12-19-7-9-20(10-8-19)17(21)22-13-14-4-2-1-3-5-14/h1-6,11H,7-10,12-13H2. The zero-order valence-electron chi connectivity index (χ0n) is 12.8. The summed E-state index contributed by atoms with van der Waals surface area (Å²) < 4.78 is 6.56. The van der Waals surface area contributed by atoms with E-state index in [-0.39, 0.29) is 6.09 Å². The lowest BCUT2D eigenvalue weighted by Gasteiger charge is -2.33. The summed E-state index contributed by atoms with van der Waals surface area (Å²) in [6, 6.07) is 11.9. The fourth-order valence-corrected chi connectivity index (χ4v) is 4.06. The molecule has 1 aromatic heterocycles. The van der Waals surface area contributed by atoms with Crippen molar-refractivity contribution in [1.29, 1.82) is 0 Å². The number of rotatable bonds is 4. The largest absolute Gasteiger partial charge is 0.445 e. The maximum Gasteiger partial charge on any atom is 0.410 e. The molecule has 0 radical (unpaired) electrons. The van der Waals surface area contributed by atoms with E-state index in [9.17, 15) is 4.79 Å². The van der Waals surface area contributed by atoms with Crippen LogP contribution in [0.15, 0.2) is 46.3 Å². The Bertz CT molecular complexity index is 639. The minimum Gasteiger partial charge on any atom is -0.445 e. The Morgan fingerprint density at radius 1 is 1.13 bits per heavy atom. The third-order valence-corrected chi connectivity index (χ3v) is 5.80. The molecular formula is C17H19BrN2O2S. The molecule has 1 amide bonds. The van der Waals surface area contributed by atoms with Gasteiger partial charge in [-0.2, -0.15) is 0 Å². The van der Waals surface area contributed by atoms with E-state index in [1.54, 1.807) is 16.2 Å². The highest BCUT2D eigenvalue weighted by Crippen LogP contribution is 2.24. The van der Waals surface area contributed by atoms with E-state index in [0.717, 1.165) is 38.3 Å². The van der Waals surface area contributed by atoms with E-state index in [4.69, 9.17) is 4.74 Å². The molecule has 0 bridgehead atoms. The van der Waals surface area contributed by atoms with Gasteiger partial charge >= 0.3 is 6.09 Å². The fourth-order valence-electron chi connectivity index (χ4n) is 2.54. The number of halogens is 1. The van der Waals surface area contributed by atoms with Crippen LogP contribution in [0, 0.1) is 0 Å². The molecule has 23 heavy (non-hydrogen) atoms. The van der Waals surface area contributed by atoms with Crippen LogP contribution in [-0.2, 0) is 17.9 Å². The van der Waals surface area contributed by atoms with Crippen LogP contribution in [0.5, 0.6) is 0 Å². The van der Waals surface area contributed by atoms with Crippen molar-refractivity contribution in [2.75, 3.05) is 26.2 Å². The molecular weight excluding hydrogens is 376 g/mol. The summed E-state index contributed by atoms with van der Waals surface area (Å²) in [6.07, 6.45) is -0.217. The summed E-state index contributed by atoms with van der Waals surface area (Å²) in [6.45, 7) is 4.47. The number of hydrogen-bond donors (Lipinski definition) is 0. The molecule has 122 valence electrons. The van der Waals surface area contributed by atoms with Gasteiger partial charge in [-0.3, -0.25) is 4.90 Å². The van der Waals surface area contributed by atoms with Crippen LogP contribution in [0.4, 0.5) is 4.79 Å². The Morgan fingerprint density at radius 3 is 2.52 bits per heavy atom. The van der Waals surface area contributed by atoms with Crippen LogP contribution in [0.25, 0.3) is 0 Å². The van der Waals surface area contributed by atoms with Gasteiger partial charge in [0, 0.05) is 42.1 Å². The summed E-state index contributed by atoms with van der Waals surface area (Å²) in [4.78, 5) is 17.6.